The summed E-state index contributed by atoms with van der Waals surface area (Å²) in [5.74, 6) is -1.48. The van der Waals surface area contributed by atoms with Crippen LogP contribution in [0.2, 0.25) is 0 Å². The van der Waals surface area contributed by atoms with E-state index in [0.717, 1.165) is 24.3 Å². The number of sulfone groups is 2. The summed E-state index contributed by atoms with van der Waals surface area (Å²) in [4.78, 5) is 24.6. The maximum atomic E-state index is 12.8. The molecule has 0 saturated carbocycles. The van der Waals surface area contributed by atoms with Crippen molar-refractivity contribution in [1.82, 2.24) is 0 Å². The normalized spacial score (nSPS) is 13.6. The highest BCUT2D eigenvalue weighted by Crippen LogP contribution is 2.16. The molecular formula is C22H22N4O14S4. The van der Waals surface area contributed by atoms with Crippen LogP contribution in [0, 0.1) is 0 Å². The van der Waals surface area contributed by atoms with Crippen LogP contribution in [0.4, 0.5) is 11.4 Å². The fourth-order valence-corrected chi connectivity index (χ4v) is 6.17. The van der Waals surface area contributed by atoms with Gasteiger partial charge in [-0.05, 0) is 60.7 Å². The highest BCUT2D eigenvalue weighted by atomic mass is 32.3. The maximum Gasteiger partial charge on any atom is 0.397 e. The number of rotatable bonds is 14. The van der Waals surface area contributed by atoms with E-state index in [9.17, 15) is 43.3 Å². The largest absolute Gasteiger partial charge is 0.397 e. The molecule has 0 aliphatic rings. The zero-order valence-corrected chi connectivity index (χ0v) is 25.2. The molecule has 0 aliphatic heterocycles. The molecule has 0 atom stereocenters. The van der Waals surface area contributed by atoms with Crippen LogP contribution in [0.1, 0.15) is 0 Å². The lowest BCUT2D eigenvalue weighted by Crippen LogP contribution is -2.47. The second kappa shape index (κ2) is 13.8. The van der Waals surface area contributed by atoms with Gasteiger partial charge in [-0.2, -0.15) is 27.0 Å². The van der Waals surface area contributed by atoms with Crippen LogP contribution in [0.5, 0.6) is 0 Å². The number of anilines is 2. The van der Waals surface area contributed by atoms with E-state index >= 15 is 0 Å². The minimum Gasteiger partial charge on any atom is -0.287 e. The Morgan fingerprint density at radius 3 is 1.41 bits per heavy atom. The quantitative estimate of drug-likeness (QED) is 0.108. The number of hydrogen-bond acceptors (Lipinski definition) is 16. The van der Waals surface area contributed by atoms with Crippen molar-refractivity contribution in [3.8, 4) is 0 Å². The first-order valence-corrected chi connectivity index (χ1v) is 17.7. The Kier molecular flexibility index (Phi) is 10.9. The molecule has 0 heterocycles. The molecule has 3 aromatic carbocycles. The van der Waals surface area contributed by atoms with Crippen LogP contribution in [-0.4, -0.2) is 67.5 Å². The van der Waals surface area contributed by atoms with E-state index in [1.807, 2.05) is 0 Å². The smallest absolute Gasteiger partial charge is 0.287 e. The molecule has 0 aromatic heterocycles. The summed E-state index contributed by atoms with van der Waals surface area (Å²) in [6.45, 7) is -1.61. The van der Waals surface area contributed by atoms with E-state index < -0.39 is 81.4 Å². The van der Waals surface area contributed by atoms with Gasteiger partial charge >= 0.3 is 20.8 Å². The highest BCUT2D eigenvalue weighted by molar-refractivity contribution is 7.91. The molecule has 0 unspecified atom stereocenters. The molecule has 4 N–H and O–H groups in total. The Hall–Kier alpha value is -3.90. The van der Waals surface area contributed by atoms with Gasteiger partial charge in [0.15, 0.2) is 25.0 Å². The average molecular weight is 695 g/mol. The lowest BCUT2D eigenvalue weighted by molar-refractivity contribution is 0.282. The van der Waals surface area contributed by atoms with E-state index in [0.29, 0.717) is 0 Å². The lowest BCUT2D eigenvalue weighted by Gasteiger charge is -2.06. The summed E-state index contributed by atoms with van der Waals surface area (Å²) in [6.07, 6.45) is 0. The van der Waals surface area contributed by atoms with E-state index in [1.165, 1.54) is 36.4 Å². The van der Waals surface area contributed by atoms with Crippen molar-refractivity contribution in [2.45, 2.75) is 9.79 Å². The van der Waals surface area contributed by atoms with Crippen LogP contribution in [0.15, 0.2) is 90.2 Å². The van der Waals surface area contributed by atoms with Gasteiger partial charge in [-0.25, -0.2) is 25.2 Å². The molecule has 3 rings (SSSR count). The fourth-order valence-electron chi connectivity index (χ4n) is 3.19. The summed E-state index contributed by atoms with van der Waals surface area (Å²) >= 11 is 0. The average Bonchev–Trinajstić information content (AvgIpc) is 2.91. The number of nitrogens with zero attached hydrogens (tertiary/aromatic N) is 2. The number of nitrogens with one attached hydrogen (secondary N) is 2. The van der Waals surface area contributed by atoms with Crippen molar-refractivity contribution in [1.29, 1.82) is 0 Å². The molecule has 0 spiro atoms. The minimum atomic E-state index is -4.80. The predicted molar refractivity (Wildman–Crippen MR) is 152 cm³/mol. The molecule has 22 heteroatoms. The zero-order chi connectivity index (χ0) is 32.8. The number of benzene rings is 3. The topological polar surface area (TPSA) is 278 Å². The summed E-state index contributed by atoms with van der Waals surface area (Å²) < 4.78 is 116. The Morgan fingerprint density at radius 2 is 1.00 bits per heavy atom. The molecule has 0 aliphatic carbocycles. The van der Waals surface area contributed by atoms with Gasteiger partial charge in [0, 0.05) is 0 Å². The van der Waals surface area contributed by atoms with Crippen molar-refractivity contribution in [3.05, 3.63) is 91.8 Å². The van der Waals surface area contributed by atoms with Gasteiger partial charge in [-0.15, -0.1) is 0 Å². The van der Waals surface area contributed by atoms with Crippen LogP contribution < -0.4 is 32.4 Å². The first-order valence-electron chi connectivity index (χ1n) is 11.7. The summed E-state index contributed by atoms with van der Waals surface area (Å²) in [6, 6.07) is 11.9. The Labute approximate surface area is 249 Å². The van der Waals surface area contributed by atoms with E-state index in [2.05, 4.69) is 29.4 Å². The van der Waals surface area contributed by atoms with Crippen LogP contribution in [0.3, 0.4) is 0 Å². The monoisotopic (exact) mass is 694 g/mol. The third kappa shape index (κ3) is 10.4. The highest BCUT2D eigenvalue weighted by Gasteiger charge is 2.17. The van der Waals surface area contributed by atoms with Crippen molar-refractivity contribution >= 4 is 51.8 Å². The van der Waals surface area contributed by atoms with E-state index in [-0.39, 0.29) is 26.5 Å². The molecule has 0 saturated heterocycles. The van der Waals surface area contributed by atoms with Gasteiger partial charge in [0.1, 0.15) is 5.36 Å². The molecule has 238 valence electrons. The fraction of sp³-hybridized carbons (Fsp3) is 0.182. The first-order chi connectivity index (χ1) is 20.4. The Balaban J connectivity index is 1.73. The first kappa shape index (κ1) is 34.6. The second-order valence-electron chi connectivity index (χ2n) is 8.39. The van der Waals surface area contributed by atoms with Crippen molar-refractivity contribution in [3.63, 3.8) is 0 Å². The van der Waals surface area contributed by atoms with E-state index in [1.54, 1.807) is 0 Å². The van der Waals surface area contributed by atoms with Crippen LogP contribution in [0.25, 0.3) is 0 Å². The third-order valence-electron chi connectivity index (χ3n) is 5.27. The Morgan fingerprint density at radius 1 is 0.591 bits per heavy atom. The van der Waals surface area contributed by atoms with Crippen LogP contribution in [-0.2, 0) is 48.8 Å². The van der Waals surface area contributed by atoms with Crippen molar-refractivity contribution in [2.24, 2.45) is 10.2 Å². The predicted octanol–water partition coefficient (Wildman–Crippen LogP) is -1.68. The van der Waals surface area contributed by atoms with Crippen molar-refractivity contribution in [2.75, 3.05) is 35.6 Å². The molecule has 18 nitrogen and oxygen atoms in total. The standard InChI is InChI=1S/C22H22N4O14S4/c27-20-10-9-19(25-23-15-1-5-17(6-2-15)41(29,30)13-11-39-43(33,34)35)22(28)21(20)26-24-16-3-7-18(8-4-16)42(31,32)14-12-40-44(36,37)38/h1-10,23-24H,11-14H2,(H,33,34,35)(H,36,37,38)/b25-19+,26-21+. The Bertz CT molecular complexity index is 2180. The molecule has 0 fully saturated rings. The van der Waals surface area contributed by atoms with E-state index in [4.69, 9.17) is 9.11 Å². The van der Waals surface area contributed by atoms with Gasteiger partial charge in [0.2, 0.25) is 10.9 Å². The molecule has 0 amide bonds. The maximum absolute atomic E-state index is 12.8. The third-order valence-corrected chi connectivity index (χ3v) is 9.59. The van der Waals surface area contributed by atoms with Gasteiger partial charge in [0.25, 0.3) is 0 Å². The van der Waals surface area contributed by atoms with Crippen molar-refractivity contribution < 1.29 is 51.1 Å². The van der Waals surface area contributed by atoms with Crippen LogP contribution >= 0.6 is 0 Å². The lowest BCUT2D eigenvalue weighted by atomic mass is 10.3. The second-order valence-corrected chi connectivity index (χ2v) is 14.8. The molecule has 0 bridgehead atoms. The molecule has 0 radical (unpaired) electrons. The molecular weight excluding hydrogens is 673 g/mol. The molecule has 3 aromatic rings. The zero-order valence-electron chi connectivity index (χ0n) is 21.9. The SMILES string of the molecule is O=c1cc/c(=N\Nc2ccc(S(=O)(=O)CCOS(=O)(=O)O)cc2)c(=O)/c1=N/Nc1ccc(S(=O)(=O)CCOS(=O)(=O)O)cc1. The van der Waals surface area contributed by atoms with Gasteiger partial charge in [0.05, 0.1) is 45.9 Å². The summed E-state index contributed by atoms with van der Waals surface area (Å²) in [5, 5.41) is 6.88. The van der Waals surface area contributed by atoms with Gasteiger partial charge < -0.3 is 0 Å². The molecule has 44 heavy (non-hydrogen) atoms. The van der Waals surface area contributed by atoms with Gasteiger partial charge in [-0.1, -0.05) is 0 Å². The summed E-state index contributed by atoms with van der Waals surface area (Å²) in [7, 11) is -17.5. The van der Waals surface area contributed by atoms with Gasteiger partial charge in [-0.3, -0.25) is 29.5 Å². The summed E-state index contributed by atoms with van der Waals surface area (Å²) in [5.41, 5.74) is 3.74. The number of hydrogen-bond donors (Lipinski definition) is 4. The minimum absolute atomic E-state index is 0.178.